The van der Waals surface area contributed by atoms with Gasteiger partial charge in [0, 0.05) is 18.9 Å². The molecule has 0 saturated carbocycles. The smallest absolute Gasteiger partial charge is 0.303 e. The molecule has 0 saturated heterocycles. The summed E-state index contributed by atoms with van der Waals surface area (Å²) in [6.45, 7) is 17.0. The SMILES string of the molecule is C=C(C)O[C@@H](CCl)COc1ccc(C(C)(C)c2ccc(OC[C@@H](COCCCC)OC(C)=O)cc2)cc1C. The van der Waals surface area contributed by atoms with Crippen molar-refractivity contribution in [1.82, 2.24) is 0 Å². The van der Waals surface area contributed by atoms with Crippen molar-refractivity contribution in [3.8, 4) is 11.5 Å². The predicted molar refractivity (Wildman–Crippen MR) is 152 cm³/mol. The van der Waals surface area contributed by atoms with Crippen LogP contribution in [0.5, 0.6) is 11.5 Å². The summed E-state index contributed by atoms with van der Waals surface area (Å²) in [6.07, 6.45) is 1.33. The minimum absolute atomic E-state index is 0.233. The second-order valence-electron chi connectivity index (χ2n) is 10.0. The summed E-state index contributed by atoms with van der Waals surface area (Å²) in [5.74, 6) is 2.11. The van der Waals surface area contributed by atoms with Gasteiger partial charge in [-0.3, -0.25) is 4.79 Å². The van der Waals surface area contributed by atoms with Gasteiger partial charge in [0.05, 0.1) is 18.2 Å². The van der Waals surface area contributed by atoms with Crippen LogP contribution in [0, 0.1) is 6.92 Å². The molecule has 2 aromatic carbocycles. The number of halogens is 1. The van der Waals surface area contributed by atoms with Crippen molar-refractivity contribution in [3.63, 3.8) is 0 Å². The summed E-state index contributed by atoms with van der Waals surface area (Å²) < 4.78 is 28.5. The molecule has 0 unspecified atom stereocenters. The van der Waals surface area contributed by atoms with Crippen molar-refractivity contribution >= 4 is 17.6 Å². The molecule has 0 heterocycles. The number of ether oxygens (including phenoxy) is 5. The number of rotatable bonds is 17. The van der Waals surface area contributed by atoms with Crippen LogP contribution in [0.2, 0.25) is 0 Å². The summed E-state index contributed by atoms with van der Waals surface area (Å²) in [5, 5.41) is 0. The molecular formula is C31H43ClO6. The monoisotopic (exact) mass is 546 g/mol. The number of carbonyl (C=O) groups excluding carboxylic acids is 1. The highest BCUT2D eigenvalue weighted by atomic mass is 35.5. The number of aryl methyl sites for hydroxylation is 1. The van der Waals surface area contributed by atoms with Crippen molar-refractivity contribution in [2.45, 2.75) is 72.0 Å². The largest absolute Gasteiger partial charge is 0.491 e. The normalized spacial score (nSPS) is 12.9. The van der Waals surface area contributed by atoms with E-state index < -0.39 is 6.10 Å². The molecule has 6 nitrogen and oxygen atoms in total. The third-order valence-electron chi connectivity index (χ3n) is 6.15. The quantitative estimate of drug-likeness (QED) is 0.0922. The number of allylic oxidation sites excluding steroid dienone is 1. The van der Waals surface area contributed by atoms with E-state index in [2.05, 4.69) is 51.6 Å². The van der Waals surface area contributed by atoms with E-state index in [1.165, 1.54) is 12.5 Å². The molecule has 0 aliphatic carbocycles. The Hall–Kier alpha value is -2.70. The molecule has 0 spiro atoms. The molecular weight excluding hydrogens is 504 g/mol. The van der Waals surface area contributed by atoms with Crippen LogP contribution in [0.15, 0.2) is 54.8 Å². The fraction of sp³-hybridized carbons (Fsp3) is 0.516. The molecule has 2 atom stereocenters. The van der Waals surface area contributed by atoms with Gasteiger partial charge in [-0.05, 0) is 55.2 Å². The third-order valence-corrected chi connectivity index (χ3v) is 6.50. The van der Waals surface area contributed by atoms with Crippen LogP contribution in [0.4, 0.5) is 0 Å². The van der Waals surface area contributed by atoms with Crippen molar-refractivity contribution in [2.24, 2.45) is 0 Å². The van der Waals surface area contributed by atoms with Gasteiger partial charge in [0.25, 0.3) is 0 Å². The number of alkyl halides is 1. The van der Waals surface area contributed by atoms with Gasteiger partial charge in [-0.1, -0.05) is 58.0 Å². The zero-order valence-electron chi connectivity index (χ0n) is 23.7. The third kappa shape index (κ3) is 10.2. The first-order valence-corrected chi connectivity index (χ1v) is 13.7. The van der Waals surface area contributed by atoms with E-state index >= 15 is 0 Å². The van der Waals surface area contributed by atoms with Crippen LogP contribution < -0.4 is 9.47 Å². The average molecular weight is 547 g/mol. The van der Waals surface area contributed by atoms with Gasteiger partial charge in [0.2, 0.25) is 0 Å². The van der Waals surface area contributed by atoms with Gasteiger partial charge < -0.3 is 23.7 Å². The van der Waals surface area contributed by atoms with Crippen LogP contribution in [0.25, 0.3) is 0 Å². The Morgan fingerprint density at radius 1 is 0.947 bits per heavy atom. The average Bonchev–Trinajstić information content (AvgIpc) is 2.87. The maximum Gasteiger partial charge on any atom is 0.303 e. The molecule has 0 amide bonds. The van der Waals surface area contributed by atoms with Crippen molar-refractivity contribution in [1.29, 1.82) is 0 Å². The fourth-order valence-electron chi connectivity index (χ4n) is 3.91. The topological polar surface area (TPSA) is 63.2 Å². The van der Waals surface area contributed by atoms with E-state index in [0.29, 0.717) is 37.2 Å². The molecule has 0 aliphatic heterocycles. The summed E-state index contributed by atoms with van der Waals surface area (Å²) in [4.78, 5) is 11.5. The van der Waals surface area contributed by atoms with Gasteiger partial charge >= 0.3 is 5.97 Å². The number of hydrogen-bond donors (Lipinski definition) is 0. The Morgan fingerprint density at radius 2 is 1.61 bits per heavy atom. The molecule has 0 aromatic heterocycles. The van der Waals surface area contributed by atoms with Crippen molar-refractivity contribution in [3.05, 3.63) is 71.5 Å². The number of benzene rings is 2. The van der Waals surface area contributed by atoms with Crippen LogP contribution in [-0.2, 0) is 24.4 Å². The molecule has 7 heteroatoms. The van der Waals surface area contributed by atoms with Crippen LogP contribution >= 0.6 is 11.6 Å². The predicted octanol–water partition coefficient (Wildman–Crippen LogP) is 6.98. The molecule has 0 aliphatic rings. The van der Waals surface area contributed by atoms with E-state index in [1.807, 2.05) is 25.1 Å². The number of hydrogen-bond acceptors (Lipinski definition) is 6. The van der Waals surface area contributed by atoms with E-state index in [-0.39, 0.29) is 24.1 Å². The lowest BCUT2D eigenvalue weighted by Gasteiger charge is -2.27. The minimum Gasteiger partial charge on any atom is -0.491 e. The van der Waals surface area contributed by atoms with Gasteiger partial charge in [0.1, 0.15) is 30.8 Å². The molecule has 0 N–H and O–H groups in total. The summed E-state index contributed by atoms with van der Waals surface area (Å²) in [5.41, 5.74) is 3.12. The number of esters is 1. The van der Waals surface area contributed by atoms with Gasteiger partial charge in [-0.15, -0.1) is 11.6 Å². The van der Waals surface area contributed by atoms with Crippen LogP contribution in [0.1, 0.15) is 64.2 Å². The van der Waals surface area contributed by atoms with Gasteiger partial charge in [-0.2, -0.15) is 0 Å². The molecule has 38 heavy (non-hydrogen) atoms. The zero-order chi connectivity index (χ0) is 28.1. The second-order valence-corrected chi connectivity index (χ2v) is 10.3. The molecule has 0 bridgehead atoms. The van der Waals surface area contributed by atoms with Crippen LogP contribution in [0.3, 0.4) is 0 Å². The second kappa shape index (κ2) is 15.6. The standard InChI is InChI=1S/C31H43ClO6/c1-8-9-16-34-19-29(38-24(5)33)21-35-27-13-10-25(11-14-27)31(6,7)26-12-15-30(23(4)17-26)36-20-28(18-32)37-22(2)3/h10-15,17,28-29H,2,8-9,16,18-21H2,1,3-7H3/t28-,29+/m0/s1. The lowest BCUT2D eigenvalue weighted by molar-refractivity contribution is -0.151. The Bertz CT molecular complexity index is 1020. The van der Waals surface area contributed by atoms with E-state index in [0.717, 1.165) is 29.7 Å². The minimum atomic E-state index is -0.448. The molecule has 0 radical (unpaired) electrons. The fourth-order valence-corrected chi connectivity index (χ4v) is 4.07. The molecule has 2 rings (SSSR count). The van der Waals surface area contributed by atoms with E-state index in [9.17, 15) is 4.79 Å². The van der Waals surface area contributed by atoms with Gasteiger partial charge in [-0.25, -0.2) is 0 Å². The zero-order valence-corrected chi connectivity index (χ0v) is 24.4. The Morgan fingerprint density at radius 3 is 2.18 bits per heavy atom. The molecule has 210 valence electrons. The number of carbonyl (C=O) groups is 1. The van der Waals surface area contributed by atoms with Gasteiger partial charge in [0.15, 0.2) is 6.10 Å². The lowest BCUT2D eigenvalue weighted by Crippen LogP contribution is -2.29. The maximum absolute atomic E-state index is 11.5. The highest BCUT2D eigenvalue weighted by Gasteiger charge is 2.24. The first-order chi connectivity index (χ1) is 18.1. The Labute approximate surface area is 233 Å². The Kier molecular flexibility index (Phi) is 13.0. The summed E-state index contributed by atoms with van der Waals surface area (Å²) >= 11 is 5.99. The maximum atomic E-state index is 11.5. The summed E-state index contributed by atoms with van der Waals surface area (Å²) in [6, 6.07) is 14.2. The van der Waals surface area contributed by atoms with E-state index in [1.54, 1.807) is 6.92 Å². The van der Waals surface area contributed by atoms with Crippen LogP contribution in [-0.4, -0.2) is 50.5 Å². The molecule has 0 fully saturated rings. The number of unbranched alkanes of at least 4 members (excludes halogenated alkanes) is 1. The molecule has 2 aromatic rings. The highest BCUT2D eigenvalue weighted by molar-refractivity contribution is 6.18. The van der Waals surface area contributed by atoms with Crippen molar-refractivity contribution < 1.29 is 28.5 Å². The van der Waals surface area contributed by atoms with Crippen molar-refractivity contribution in [2.75, 3.05) is 32.3 Å². The van der Waals surface area contributed by atoms with E-state index in [4.69, 9.17) is 35.3 Å². The highest BCUT2D eigenvalue weighted by Crippen LogP contribution is 2.35. The first-order valence-electron chi connectivity index (χ1n) is 13.2. The lowest BCUT2D eigenvalue weighted by atomic mass is 9.77. The first kappa shape index (κ1) is 31.5. The Balaban J connectivity index is 2.02. The summed E-state index contributed by atoms with van der Waals surface area (Å²) in [7, 11) is 0.